The van der Waals surface area contributed by atoms with E-state index in [1.54, 1.807) is 0 Å². The van der Waals surface area contributed by atoms with Crippen molar-refractivity contribution in [3.8, 4) is 0 Å². The molecule has 2 fully saturated rings. The fraction of sp³-hybridized carbons (Fsp3) is 0.938. The third kappa shape index (κ3) is 5.13. The van der Waals surface area contributed by atoms with Gasteiger partial charge < -0.3 is 10.6 Å². The molecule has 3 nitrogen and oxygen atoms in total. The summed E-state index contributed by atoms with van der Waals surface area (Å²) >= 11 is 0. The van der Waals surface area contributed by atoms with Gasteiger partial charge in [0, 0.05) is 12.5 Å². The van der Waals surface area contributed by atoms with E-state index in [1.807, 2.05) is 0 Å². The van der Waals surface area contributed by atoms with Crippen LogP contribution < -0.4 is 10.6 Å². The van der Waals surface area contributed by atoms with Gasteiger partial charge in [-0.05, 0) is 62.9 Å². The normalized spacial score (nSPS) is 30.8. The lowest BCUT2D eigenvalue weighted by atomic mass is 9.75. The Morgan fingerprint density at radius 3 is 2.84 bits per heavy atom. The SMILES string of the molecule is CC1(C)CCCC(NC(=O)CCC2CCCNC2)C1. The van der Waals surface area contributed by atoms with E-state index >= 15 is 0 Å². The maximum Gasteiger partial charge on any atom is 0.220 e. The first kappa shape index (κ1) is 14.8. The van der Waals surface area contributed by atoms with Crippen LogP contribution in [0.15, 0.2) is 0 Å². The van der Waals surface area contributed by atoms with Crippen LogP contribution in [0, 0.1) is 11.3 Å². The summed E-state index contributed by atoms with van der Waals surface area (Å²) in [6, 6.07) is 0.417. The number of carbonyl (C=O) groups is 1. The zero-order valence-corrected chi connectivity index (χ0v) is 12.6. The molecule has 1 saturated carbocycles. The molecule has 0 aromatic heterocycles. The van der Waals surface area contributed by atoms with Gasteiger partial charge in [-0.15, -0.1) is 0 Å². The minimum atomic E-state index is 0.272. The van der Waals surface area contributed by atoms with E-state index in [9.17, 15) is 4.79 Å². The summed E-state index contributed by atoms with van der Waals surface area (Å²) in [6.07, 6.45) is 9.18. The van der Waals surface area contributed by atoms with Gasteiger partial charge in [0.1, 0.15) is 0 Å². The zero-order chi connectivity index (χ0) is 13.7. The number of carbonyl (C=O) groups excluding carboxylic acids is 1. The van der Waals surface area contributed by atoms with E-state index < -0.39 is 0 Å². The Balaban J connectivity index is 1.66. The summed E-state index contributed by atoms with van der Waals surface area (Å²) in [6.45, 7) is 6.89. The third-order valence-electron chi connectivity index (χ3n) is 4.75. The predicted molar refractivity (Wildman–Crippen MR) is 79.0 cm³/mol. The topological polar surface area (TPSA) is 41.1 Å². The summed E-state index contributed by atoms with van der Waals surface area (Å²) in [5, 5.41) is 6.67. The molecule has 19 heavy (non-hydrogen) atoms. The highest BCUT2D eigenvalue weighted by Crippen LogP contribution is 2.35. The smallest absolute Gasteiger partial charge is 0.220 e. The molecule has 0 bridgehead atoms. The molecule has 1 aliphatic carbocycles. The molecule has 2 aliphatic rings. The third-order valence-corrected chi connectivity index (χ3v) is 4.75. The van der Waals surface area contributed by atoms with E-state index in [-0.39, 0.29) is 5.91 Å². The first-order valence-electron chi connectivity index (χ1n) is 8.05. The van der Waals surface area contributed by atoms with Crippen molar-refractivity contribution < 1.29 is 4.79 Å². The molecular weight excluding hydrogens is 236 g/mol. The molecule has 3 heteroatoms. The Kier molecular flexibility index (Phi) is 5.26. The number of piperidine rings is 1. The van der Waals surface area contributed by atoms with Crippen molar-refractivity contribution in [1.82, 2.24) is 10.6 Å². The first-order valence-corrected chi connectivity index (χ1v) is 8.05. The average Bonchev–Trinajstić information content (AvgIpc) is 2.36. The van der Waals surface area contributed by atoms with Crippen LogP contribution in [0.2, 0.25) is 0 Å². The molecule has 1 heterocycles. The number of hydrogen-bond acceptors (Lipinski definition) is 2. The molecule has 0 radical (unpaired) electrons. The minimum absolute atomic E-state index is 0.272. The highest BCUT2D eigenvalue weighted by molar-refractivity contribution is 5.76. The molecule has 0 aromatic carbocycles. The van der Waals surface area contributed by atoms with E-state index in [0.29, 0.717) is 23.8 Å². The average molecular weight is 266 g/mol. The molecule has 2 rings (SSSR count). The lowest BCUT2D eigenvalue weighted by Gasteiger charge is -2.35. The zero-order valence-electron chi connectivity index (χ0n) is 12.6. The first-order chi connectivity index (χ1) is 9.05. The second kappa shape index (κ2) is 6.74. The van der Waals surface area contributed by atoms with Crippen LogP contribution in [0.5, 0.6) is 0 Å². The second-order valence-corrected chi connectivity index (χ2v) is 7.28. The molecule has 1 aliphatic heterocycles. The fourth-order valence-electron chi connectivity index (χ4n) is 3.63. The van der Waals surface area contributed by atoms with Crippen molar-refractivity contribution in [2.45, 2.75) is 71.3 Å². The highest BCUT2D eigenvalue weighted by Gasteiger charge is 2.28. The standard InChI is InChI=1S/C16H30N2O/c1-16(2)9-3-6-14(11-16)18-15(19)8-7-13-5-4-10-17-12-13/h13-14,17H,3-12H2,1-2H3,(H,18,19). The van der Waals surface area contributed by atoms with Crippen LogP contribution in [0.3, 0.4) is 0 Å². The lowest BCUT2D eigenvalue weighted by molar-refractivity contribution is -0.122. The number of rotatable bonds is 4. The van der Waals surface area contributed by atoms with E-state index in [1.165, 1.54) is 32.1 Å². The van der Waals surface area contributed by atoms with Crippen molar-refractivity contribution in [3.05, 3.63) is 0 Å². The van der Waals surface area contributed by atoms with Crippen molar-refractivity contribution in [2.75, 3.05) is 13.1 Å². The molecular formula is C16H30N2O. The fourth-order valence-corrected chi connectivity index (χ4v) is 3.63. The van der Waals surface area contributed by atoms with Gasteiger partial charge in [-0.3, -0.25) is 4.79 Å². The molecule has 1 amide bonds. The van der Waals surface area contributed by atoms with Crippen LogP contribution >= 0.6 is 0 Å². The minimum Gasteiger partial charge on any atom is -0.353 e. The van der Waals surface area contributed by atoms with Crippen LogP contribution in [-0.4, -0.2) is 25.0 Å². The van der Waals surface area contributed by atoms with Gasteiger partial charge in [-0.2, -0.15) is 0 Å². The summed E-state index contributed by atoms with van der Waals surface area (Å²) in [7, 11) is 0. The van der Waals surface area contributed by atoms with Gasteiger partial charge in [0.15, 0.2) is 0 Å². The second-order valence-electron chi connectivity index (χ2n) is 7.28. The monoisotopic (exact) mass is 266 g/mol. The predicted octanol–water partition coefficient (Wildman–Crippen LogP) is 2.85. The van der Waals surface area contributed by atoms with E-state index in [2.05, 4.69) is 24.5 Å². The molecule has 2 atom stereocenters. The Morgan fingerprint density at radius 2 is 2.16 bits per heavy atom. The Morgan fingerprint density at radius 1 is 1.32 bits per heavy atom. The maximum atomic E-state index is 12.0. The summed E-state index contributed by atoms with van der Waals surface area (Å²) < 4.78 is 0. The quantitative estimate of drug-likeness (QED) is 0.821. The Labute approximate surface area is 117 Å². The van der Waals surface area contributed by atoms with Crippen molar-refractivity contribution >= 4 is 5.91 Å². The number of nitrogens with one attached hydrogen (secondary N) is 2. The highest BCUT2D eigenvalue weighted by atomic mass is 16.1. The van der Waals surface area contributed by atoms with Gasteiger partial charge in [-0.1, -0.05) is 20.3 Å². The maximum absolute atomic E-state index is 12.0. The molecule has 0 spiro atoms. The van der Waals surface area contributed by atoms with Gasteiger partial charge >= 0.3 is 0 Å². The Bertz CT molecular complexity index is 295. The lowest BCUT2D eigenvalue weighted by Crippen LogP contribution is -2.41. The Hall–Kier alpha value is -0.570. The van der Waals surface area contributed by atoms with Gasteiger partial charge in [-0.25, -0.2) is 0 Å². The molecule has 0 aromatic rings. The number of amides is 1. The van der Waals surface area contributed by atoms with Crippen LogP contribution in [0.1, 0.15) is 65.2 Å². The van der Waals surface area contributed by atoms with E-state index in [0.717, 1.165) is 25.9 Å². The number of hydrogen-bond donors (Lipinski definition) is 2. The summed E-state index contributed by atoms with van der Waals surface area (Å²) in [4.78, 5) is 12.0. The van der Waals surface area contributed by atoms with Crippen molar-refractivity contribution in [1.29, 1.82) is 0 Å². The molecule has 110 valence electrons. The molecule has 2 N–H and O–H groups in total. The molecule has 2 unspecified atom stereocenters. The van der Waals surface area contributed by atoms with Crippen molar-refractivity contribution in [3.63, 3.8) is 0 Å². The largest absolute Gasteiger partial charge is 0.353 e. The van der Waals surface area contributed by atoms with Crippen LogP contribution in [0.25, 0.3) is 0 Å². The summed E-state index contributed by atoms with van der Waals surface area (Å²) in [5.41, 5.74) is 0.406. The van der Waals surface area contributed by atoms with Gasteiger partial charge in [0.05, 0.1) is 0 Å². The van der Waals surface area contributed by atoms with Crippen molar-refractivity contribution in [2.24, 2.45) is 11.3 Å². The van der Waals surface area contributed by atoms with Crippen LogP contribution in [-0.2, 0) is 4.79 Å². The van der Waals surface area contributed by atoms with E-state index in [4.69, 9.17) is 0 Å². The van der Waals surface area contributed by atoms with Gasteiger partial charge in [0.2, 0.25) is 5.91 Å². The van der Waals surface area contributed by atoms with Gasteiger partial charge in [0.25, 0.3) is 0 Å². The summed E-state index contributed by atoms with van der Waals surface area (Å²) in [5.74, 6) is 0.982. The molecule has 1 saturated heterocycles. The van der Waals surface area contributed by atoms with Crippen LogP contribution in [0.4, 0.5) is 0 Å².